The summed E-state index contributed by atoms with van der Waals surface area (Å²) in [5.74, 6) is 1.85. The Hall–Kier alpha value is -6.85. The number of pyridine rings is 2. The number of aromatic nitrogens is 5. The molecule has 6 aromatic carbocycles. The highest BCUT2D eigenvalue weighted by Gasteiger charge is 2.15. The Labute approximate surface area is 296 Å². The van der Waals surface area contributed by atoms with E-state index in [-0.39, 0.29) is 0 Å². The highest BCUT2D eigenvalue weighted by molar-refractivity contribution is 6.05. The number of fused-ring (bicyclic) bond motifs is 3. The molecule has 0 aliphatic carbocycles. The molecule has 0 N–H and O–H groups in total. The number of benzene rings is 6. The van der Waals surface area contributed by atoms with E-state index in [1.54, 1.807) is 0 Å². The fourth-order valence-electron chi connectivity index (χ4n) is 6.57. The largest absolute Gasteiger partial charge is 0.245 e. The summed E-state index contributed by atoms with van der Waals surface area (Å²) in [7, 11) is 0. The SMILES string of the molecule is Cc1cc(-c2cccc(-c3nc(-c4ccccc4)nc(-c4ccc(-c5ccccc5)cc4)n3)c2)nc2c1ccc1ccc(-c3ccccc3)nc12. The third kappa shape index (κ3) is 5.91. The number of hydrogen-bond donors (Lipinski definition) is 0. The standard InChI is InChI=1S/C46H31N5/c1-30-28-41(48-43-39(30)26-24-34-25-27-40(47-42(34)43)33-14-7-3-8-15-33)37-18-11-19-38(29-37)46-50-44(35-16-9-4-10-17-35)49-45(51-46)36-22-20-32(21-23-36)31-12-5-2-6-13-31/h2-29H,1H3. The molecule has 0 fully saturated rings. The van der Waals surface area contributed by atoms with Gasteiger partial charge in [-0.2, -0.15) is 0 Å². The van der Waals surface area contributed by atoms with Crippen LogP contribution in [0.4, 0.5) is 0 Å². The predicted molar refractivity (Wildman–Crippen MR) is 208 cm³/mol. The summed E-state index contributed by atoms with van der Waals surface area (Å²) < 4.78 is 0. The second kappa shape index (κ2) is 12.9. The molecule has 9 aromatic rings. The number of rotatable bonds is 6. The van der Waals surface area contributed by atoms with Crippen LogP contribution in [-0.4, -0.2) is 24.9 Å². The smallest absolute Gasteiger partial charge is 0.164 e. The van der Waals surface area contributed by atoms with Gasteiger partial charge in [-0.3, -0.25) is 0 Å². The van der Waals surface area contributed by atoms with Crippen molar-refractivity contribution in [2.45, 2.75) is 6.92 Å². The molecule has 5 nitrogen and oxygen atoms in total. The number of hydrogen-bond acceptors (Lipinski definition) is 5. The second-order valence-corrected chi connectivity index (χ2v) is 12.6. The lowest BCUT2D eigenvalue weighted by atomic mass is 10.0. The van der Waals surface area contributed by atoms with E-state index >= 15 is 0 Å². The first-order chi connectivity index (χ1) is 25.2. The van der Waals surface area contributed by atoms with Crippen molar-refractivity contribution in [2.75, 3.05) is 0 Å². The normalized spacial score (nSPS) is 11.2. The zero-order valence-electron chi connectivity index (χ0n) is 27.9. The van der Waals surface area contributed by atoms with Crippen LogP contribution in [0.5, 0.6) is 0 Å². The molecule has 9 rings (SSSR count). The molecule has 0 aliphatic heterocycles. The lowest BCUT2D eigenvalue weighted by Crippen LogP contribution is -2.00. The average molecular weight is 654 g/mol. The first kappa shape index (κ1) is 30.2. The molecule has 3 aromatic heterocycles. The molecule has 0 saturated carbocycles. The minimum atomic E-state index is 0.602. The van der Waals surface area contributed by atoms with E-state index in [1.165, 1.54) is 5.56 Å². The summed E-state index contributed by atoms with van der Waals surface area (Å²) >= 11 is 0. The lowest BCUT2D eigenvalue weighted by Gasteiger charge is -2.12. The van der Waals surface area contributed by atoms with Crippen LogP contribution in [0.1, 0.15) is 5.56 Å². The van der Waals surface area contributed by atoms with E-state index in [2.05, 4.69) is 110 Å². The van der Waals surface area contributed by atoms with E-state index < -0.39 is 0 Å². The molecule has 0 aliphatic rings. The molecule has 0 amide bonds. The molecule has 0 unspecified atom stereocenters. The van der Waals surface area contributed by atoms with Crippen LogP contribution >= 0.6 is 0 Å². The Bertz CT molecular complexity index is 2670. The van der Waals surface area contributed by atoms with Crippen molar-refractivity contribution in [1.82, 2.24) is 24.9 Å². The summed E-state index contributed by atoms with van der Waals surface area (Å²) in [6.07, 6.45) is 0. The molecule has 0 radical (unpaired) electrons. The van der Waals surface area contributed by atoms with E-state index in [9.17, 15) is 0 Å². The number of aryl methyl sites for hydroxylation is 1. The quantitative estimate of drug-likeness (QED) is 0.167. The van der Waals surface area contributed by atoms with E-state index in [0.29, 0.717) is 17.5 Å². The summed E-state index contributed by atoms with van der Waals surface area (Å²) in [5, 5.41) is 2.15. The maximum atomic E-state index is 5.25. The molecule has 5 heteroatoms. The molecule has 0 atom stereocenters. The third-order valence-electron chi connectivity index (χ3n) is 9.25. The molecular weight excluding hydrogens is 623 g/mol. The zero-order chi connectivity index (χ0) is 34.1. The summed E-state index contributed by atoms with van der Waals surface area (Å²) in [5.41, 5.74) is 11.8. The van der Waals surface area contributed by atoms with Crippen LogP contribution in [0.15, 0.2) is 170 Å². The van der Waals surface area contributed by atoms with Crippen LogP contribution in [0.2, 0.25) is 0 Å². The zero-order valence-corrected chi connectivity index (χ0v) is 27.9. The lowest BCUT2D eigenvalue weighted by molar-refractivity contribution is 1.07. The van der Waals surface area contributed by atoms with Gasteiger partial charge in [-0.25, -0.2) is 24.9 Å². The van der Waals surface area contributed by atoms with Crippen molar-refractivity contribution in [3.63, 3.8) is 0 Å². The van der Waals surface area contributed by atoms with Gasteiger partial charge in [0.15, 0.2) is 17.5 Å². The molecule has 51 heavy (non-hydrogen) atoms. The molecule has 240 valence electrons. The summed E-state index contributed by atoms with van der Waals surface area (Å²) in [6.45, 7) is 2.14. The van der Waals surface area contributed by atoms with Crippen molar-refractivity contribution in [3.8, 4) is 67.8 Å². The van der Waals surface area contributed by atoms with Gasteiger partial charge in [-0.1, -0.05) is 152 Å². The van der Waals surface area contributed by atoms with Crippen LogP contribution in [0, 0.1) is 6.92 Å². The molecule has 3 heterocycles. The van der Waals surface area contributed by atoms with Crippen LogP contribution in [0.25, 0.3) is 89.6 Å². The Morgan fingerprint density at radius 3 is 1.49 bits per heavy atom. The Morgan fingerprint density at radius 2 is 0.804 bits per heavy atom. The van der Waals surface area contributed by atoms with E-state index in [4.69, 9.17) is 24.9 Å². The van der Waals surface area contributed by atoms with Gasteiger partial charge in [0.1, 0.15) is 0 Å². The molecule has 0 saturated heterocycles. The molecular formula is C46H31N5. The summed E-state index contributed by atoms with van der Waals surface area (Å²) in [6, 6.07) is 58.0. The Morgan fingerprint density at radius 1 is 0.314 bits per heavy atom. The Balaban J connectivity index is 1.15. The van der Waals surface area contributed by atoms with E-state index in [1.807, 2.05) is 66.7 Å². The minimum Gasteiger partial charge on any atom is -0.245 e. The predicted octanol–water partition coefficient (Wildman–Crippen LogP) is 11.3. The van der Waals surface area contributed by atoms with Gasteiger partial charge in [0, 0.05) is 38.6 Å². The second-order valence-electron chi connectivity index (χ2n) is 12.6. The van der Waals surface area contributed by atoms with E-state index in [0.717, 1.165) is 72.1 Å². The summed E-state index contributed by atoms with van der Waals surface area (Å²) in [4.78, 5) is 25.3. The van der Waals surface area contributed by atoms with Crippen LogP contribution < -0.4 is 0 Å². The van der Waals surface area contributed by atoms with Gasteiger partial charge in [0.05, 0.1) is 22.4 Å². The van der Waals surface area contributed by atoms with Crippen LogP contribution in [0.3, 0.4) is 0 Å². The highest BCUT2D eigenvalue weighted by Crippen LogP contribution is 2.33. The van der Waals surface area contributed by atoms with Crippen molar-refractivity contribution < 1.29 is 0 Å². The van der Waals surface area contributed by atoms with Gasteiger partial charge in [-0.05, 0) is 41.8 Å². The third-order valence-corrected chi connectivity index (χ3v) is 9.25. The van der Waals surface area contributed by atoms with Gasteiger partial charge in [0.25, 0.3) is 0 Å². The topological polar surface area (TPSA) is 64.5 Å². The Kier molecular flexibility index (Phi) is 7.63. The first-order valence-corrected chi connectivity index (χ1v) is 17.0. The number of nitrogens with zero attached hydrogens (tertiary/aromatic N) is 5. The van der Waals surface area contributed by atoms with Crippen molar-refractivity contribution in [2.24, 2.45) is 0 Å². The fraction of sp³-hybridized carbons (Fsp3) is 0.0217. The first-order valence-electron chi connectivity index (χ1n) is 17.0. The molecule has 0 bridgehead atoms. The minimum absolute atomic E-state index is 0.602. The van der Waals surface area contributed by atoms with Gasteiger partial charge in [-0.15, -0.1) is 0 Å². The van der Waals surface area contributed by atoms with Crippen molar-refractivity contribution in [1.29, 1.82) is 0 Å². The van der Waals surface area contributed by atoms with Gasteiger partial charge < -0.3 is 0 Å². The van der Waals surface area contributed by atoms with Crippen molar-refractivity contribution in [3.05, 3.63) is 175 Å². The fourth-order valence-corrected chi connectivity index (χ4v) is 6.57. The average Bonchev–Trinajstić information content (AvgIpc) is 3.21. The van der Waals surface area contributed by atoms with Crippen LogP contribution in [-0.2, 0) is 0 Å². The highest BCUT2D eigenvalue weighted by atomic mass is 15.0. The molecule has 0 spiro atoms. The monoisotopic (exact) mass is 653 g/mol. The van der Waals surface area contributed by atoms with Crippen molar-refractivity contribution >= 4 is 21.8 Å². The van der Waals surface area contributed by atoms with Gasteiger partial charge >= 0.3 is 0 Å². The maximum absolute atomic E-state index is 5.25. The maximum Gasteiger partial charge on any atom is 0.164 e. The van der Waals surface area contributed by atoms with Gasteiger partial charge in [0.2, 0.25) is 0 Å².